The third-order valence-corrected chi connectivity index (χ3v) is 19.9. The van der Waals surface area contributed by atoms with Crippen LogP contribution in [-0.4, -0.2) is 71.3 Å². The summed E-state index contributed by atoms with van der Waals surface area (Å²) in [6.07, 6.45) is 8.13. The molecule has 0 saturated carbocycles. The lowest BCUT2D eigenvalue weighted by atomic mass is 9.98. The molecule has 0 radical (unpaired) electrons. The minimum Gasteiger partial charge on any atom is -0.430 e. The smallest absolute Gasteiger partial charge is 0.340 e. The Kier molecular flexibility index (Phi) is 21.4. The lowest BCUT2D eigenvalue weighted by molar-refractivity contribution is 0.472. The van der Waals surface area contributed by atoms with Crippen LogP contribution in [0.3, 0.4) is 0 Å². The summed E-state index contributed by atoms with van der Waals surface area (Å²) < 4.78 is 132. The Morgan fingerprint density at radius 2 is 0.856 bits per heavy atom. The van der Waals surface area contributed by atoms with Crippen molar-refractivity contribution in [2.75, 3.05) is 35.3 Å². The Labute approximate surface area is 566 Å². The number of benzene rings is 4. The number of anilines is 3. The zero-order chi connectivity index (χ0) is 69.5. The predicted octanol–water partition coefficient (Wildman–Crippen LogP) is 11.3. The van der Waals surface area contributed by atoms with Crippen molar-refractivity contribution in [2.45, 2.75) is 60.8 Å². The van der Waals surface area contributed by atoms with Crippen LogP contribution in [0.4, 0.5) is 21.7 Å². The lowest BCUT2D eigenvalue weighted by Crippen LogP contribution is -2.27. The number of ether oxygens (including phenoxy) is 3. The highest BCUT2D eigenvalue weighted by atomic mass is 32.2. The molecular formula is C64H60FN11O15S6. The molecule has 8 heterocycles. The van der Waals surface area contributed by atoms with Gasteiger partial charge >= 0.3 is 16.9 Å². The van der Waals surface area contributed by atoms with E-state index in [1.165, 1.54) is 73.6 Å². The van der Waals surface area contributed by atoms with Gasteiger partial charge in [-0.2, -0.15) is 25.3 Å². The van der Waals surface area contributed by atoms with Crippen molar-refractivity contribution in [3.8, 4) is 32.8 Å². The molecule has 8 aromatic heterocycles. The van der Waals surface area contributed by atoms with Crippen molar-refractivity contribution < 1.29 is 57.1 Å². The number of hydrogen-bond donors (Lipinski definition) is 6. The second-order valence-corrected chi connectivity index (χ2v) is 28.8. The van der Waals surface area contributed by atoms with Gasteiger partial charge in [0.25, 0.3) is 46.2 Å². The number of thiazole rings is 3. The van der Waals surface area contributed by atoms with Crippen molar-refractivity contribution in [1.29, 1.82) is 0 Å². The molecule has 0 spiro atoms. The minimum absolute atomic E-state index is 0.0917. The summed E-state index contributed by atoms with van der Waals surface area (Å²) in [7, 11) is -7.48. The lowest BCUT2D eigenvalue weighted by Gasteiger charge is -2.13. The molecular weight excluding hydrogens is 1370 g/mol. The monoisotopic (exact) mass is 1430 g/mol. The summed E-state index contributed by atoms with van der Waals surface area (Å²) in [5.41, 5.74) is 7.67. The van der Waals surface area contributed by atoms with E-state index in [2.05, 4.69) is 43.8 Å². The molecule has 97 heavy (non-hydrogen) atoms. The number of aromatic nitrogens is 5. The van der Waals surface area contributed by atoms with Crippen LogP contribution in [0.1, 0.15) is 66.8 Å². The number of halogens is 1. The normalized spacial score (nSPS) is 11.6. The van der Waals surface area contributed by atoms with Gasteiger partial charge in [-0.05, 0) is 140 Å². The minimum atomic E-state index is -3.96. The highest BCUT2D eigenvalue weighted by Crippen LogP contribution is 2.36. The van der Waals surface area contributed by atoms with Gasteiger partial charge in [0.2, 0.25) is 0 Å². The van der Waals surface area contributed by atoms with Crippen molar-refractivity contribution in [2.24, 2.45) is 0 Å². The van der Waals surface area contributed by atoms with E-state index < -0.39 is 59.1 Å². The van der Waals surface area contributed by atoms with Gasteiger partial charge in [0.15, 0.2) is 11.6 Å². The van der Waals surface area contributed by atoms with Crippen LogP contribution in [0, 0.1) is 47.4 Å². The first kappa shape index (κ1) is 70.0. The van der Waals surface area contributed by atoms with Crippen LogP contribution in [0.2, 0.25) is 0 Å². The van der Waals surface area contributed by atoms with Crippen molar-refractivity contribution in [1.82, 2.24) is 39.1 Å². The van der Waals surface area contributed by atoms with Gasteiger partial charge in [-0.15, -0.1) is 0 Å². The van der Waals surface area contributed by atoms with Crippen LogP contribution < -0.4 is 59.4 Å². The largest absolute Gasteiger partial charge is 0.430 e. The summed E-state index contributed by atoms with van der Waals surface area (Å²) in [5, 5.41) is 9.20. The fourth-order valence-corrected chi connectivity index (χ4v) is 12.8. The molecule has 0 atom stereocenters. The molecule has 12 rings (SSSR count). The number of nitrogens with zero attached hydrogens (tertiary/aromatic N) is 5. The highest BCUT2D eigenvalue weighted by molar-refractivity contribution is 7.91. The molecule has 504 valence electrons. The molecule has 0 unspecified atom stereocenters. The Morgan fingerprint density at radius 1 is 0.454 bits per heavy atom. The first-order valence-electron chi connectivity index (χ1n) is 28.9. The summed E-state index contributed by atoms with van der Waals surface area (Å²) in [6.45, 7) is 11.2. The zero-order valence-electron chi connectivity index (χ0n) is 52.9. The number of aryl methyl sites for hydroxylation is 6. The molecule has 26 nitrogen and oxygen atoms in total. The Bertz CT molecular complexity index is 5240. The average Bonchev–Trinajstić information content (AvgIpc) is 1.11. The van der Waals surface area contributed by atoms with Gasteiger partial charge in [-0.3, -0.25) is 14.2 Å². The molecule has 0 aliphatic carbocycles. The fraction of sp³-hybridized carbons (Fsp3) is 0.188. The van der Waals surface area contributed by atoms with Crippen molar-refractivity contribution >= 4 is 115 Å². The highest BCUT2D eigenvalue weighted by Gasteiger charge is 2.22. The first-order chi connectivity index (χ1) is 46.2. The van der Waals surface area contributed by atoms with Gasteiger partial charge in [0.1, 0.15) is 39.8 Å². The van der Waals surface area contributed by atoms with Crippen LogP contribution >= 0.6 is 34.0 Å². The maximum Gasteiger partial charge on any atom is 0.340 e. The van der Waals surface area contributed by atoms with Crippen LogP contribution in [0.25, 0.3) is 32.9 Å². The molecule has 12 aromatic rings. The van der Waals surface area contributed by atoms with Crippen LogP contribution in [-0.2, 0) is 49.9 Å². The van der Waals surface area contributed by atoms with Gasteiger partial charge in [-0.1, -0.05) is 46.1 Å². The number of fused-ring (bicyclic) bond motifs is 3. The van der Waals surface area contributed by atoms with Crippen molar-refractivity contribution in [3.63, 3.8) is 0 Å². The molecule has 0 aliphatic heterocycles. The Morgan fingerprint density at radius 3 is 1.28 bits per heavy atom. The SMILES string of the molecule is CNS(=O)(=O)Nc1cc(Cc2c(C)c3cc(C)c(Oc4nccs4)cc3oc2=O)ccn1.CNS(=O)(=O)Nc1cccc(Cc2c(C)c3cc(C)c(Oc4nccs4)cc3oc2=O)c1.CNS(=O)(=O)Nc1nccc(Cc2c(C)c3cc(C)c(Oc4nccs4)cc3oc2=O)c1F. The number of hydrogen-bond acceptors (Lipinski definition) is 23. The molecule has 0 amide bonds. The van der Waals surface area contributed by atoms with E-state index >= 15 is 0 Å². The van der Waals surface area contributed by atoms with Crippen LogP contribution in [0.5, 0.6) is 32.8 Å². The third-order valence-electron chi connectivity index (χ3n) is 14.9. The first-order valence-corrected chi connectivity index (χ1v) is 36.0. The quantitative estimate of drug-likeness (QED) is 0.0364. The molecule has 6 N–H and O–H groups in total. The maximum atomic E-state index is 14.9. The molecule has 0 fully saturated rings. The summed E-state index contributed by atoms with van der Waals surface area (Å²) in [5.74, 6) is 0.461. The zero-order valence-corrected chi connectivity index (χ0v) is 57.8. The maximum absolute atomic E-state index is 14.9. The summed E-state index contributed by atoms with van der Waals surface area (Å²) in [4.78, 5) is 58.4. The van der Waals surface area contributed by atoms with Gasteiger partial charge in [0, 0.05) is 139 Å². The summed E-state index contributed by atoms with van der Waals surface area (Å²) >= 11 is 4.08. The molecule has 0 bridgehead atoms. The van der Waals surface area contributed by atoms with E-state index in [1.54, 1.807) is 79.4 Å². The van der Waals surface area contributed by atoms with E-state index in [0.29, 0.717) is 89.3 Å². The van der Waals surface area contributed by atoms with E-state index in [4.69, 9.17) is 27.5 Å². The third kappa shape index (κ3) is 17.1. The molecule has 4 aromatic carbocycles. The standard InChI is InChI=1S/C22H21N3O5S2.C21H19FN4O5S2.C21H20N4O5S2/c1-13-9-17-14(2)18(11-15-5-4-6-16(10-15)25-32(27,28)23-3)21(26)29-20(17)12-19(13)30-22-24-7-8-31-22;1-11-8-14-12(2)15(9-13-4-5-24-19(18(13)22)26-33(28,29)23-3)20(27)30-17(14)10-16(11)31-21-25-6-7-32-21;1-12-8-15-13(2)16(9-14-4-5-23-19(10-14)25-32(27,28)22-3)20(26)29-18(15)11-17(12)30-21-24-6-7-31-21/h4-10,12,23,25H,11H2,1-3H3;4-8,10,23H,9H2,1-3H3,(H,24,26);4-8,10-11,22H,9H2,1-3H3,(H,23,25). The van der Waals surface area contributed by atoms with Crippen LogP contribution in [0.15, 0.2) is 154 Å². The summed E-state index contributed by atoms with van der Waals surface area (Å²) in [6, 6.07) is 22.3. The van der Waals surface area contributed by atoms with E-state index in [9.17, 15) is 44.0 Å². The van der Waals surface area contributed by atoms with E-state index in [1.807, 2.05) is 79.1 Å². The van der Waals surface area contributed by atoms with Gasteiger partial charge in [0.05, 0.1) is 5.69 Å². The molecule has 0 saturated heterocycles. The average molecular weight is 1430 g/mol. The topological polar surface area (TPSA) is 357 Å². The second-order valence-electron chi connectivity index (χ2n) is 21.4. The van der Waals surface area contributed by atoms with Crippen molar-refractivity contribution in [3.05, 3.63) is 230 Å². The van der Waals surface area contributed by atoms with E-state index in [-0.39, 0.29) is 29.8 Å². The number of pyridine rings is 2. The Hall–Kier alpha value is -9.84. The van der Waals surface area contributed by atoms with Gasteiger partial charge < -0.3 is 27.5 Å². The van der Waals surface area contributed by atoms with E-state index in [0.717, 1.165) is 44.2 Å². The fourth-order valence-electron chi connectivity index (χ4n) is 9.83. The molecule has 33 heteroatoms. The second kappa shape index (κ2) is 29.7. The molecule has 0 aliphatic rings. The van der Waals surface area contributed by atoms with Gasteiger partial charge in [-0.25, -0.2) is 57.9 Å². The Balaban J connectivity index is 0.000000158. The number of nitrogens with one attached hydrogen (secondary N) is 6. The predicted molar refractivity (Wildman–Crippen MR) is 371 cm³/mol. The number of rotatable bonds is 21.